The number of anilines is 1. The SMILES string of the molecule is C/C=C\c1sc2cc3cc(N(C4=CCC5C=c6c(sc7ccccc67)=CC5=C4)C4C=CC(c5ccc(-c6ccc7c(c6)C6C[C@H]6CC=C7)cc5)=CC4)ccc3cc2c1CC. The molecule has 2 heterocycles. The molecule has 12 rings (SSSR count). The molecule has 5 aromatic carbocycles. The molecular formula is C57H47NS2. The van der Waals surface area contributed by atoms with Crippen LogP contribution in [-0.4, -0.2) is 6.04 Å². The van der Waals surface area contributed by atoms with E-state index in [4.69, 9.17) is 0 Å². The Labute approximate surface area is 360 Å². The van der Waals surface area contributed by atoms with Crippen molar-refractivity contribution in [1.82, 2.24) is 0 Å². The minimum absolute atomic E-state index is 0.191. The summed E-state index contributed by atoms with van der Waals surface area (Å²) in [5, 5.41) is 6.80. The molecule has 0 bridgehead atoms. The molecule has 5 aliphatic carbocycles. The fraction of sp³-hybridized carbons (Fsp3) is 0.193. The second-order valence-electron chi connectivity index (χ2n) is 17.3. The van der Waals surface area contributed by atoms with Crippen LogP contribution in [0.5, 0.6) is 0 Å². The zero-order chi connectivity index (χ0) is 39.9. The molecule has 0 amide bonds. The first-order valence-corrected chi connectivity index (χ1v) is 23.6. The molecule has 1 saturated carbocycles. The Morgan fingerprint density at radius 3 is 2.50 bits per heavy atom. The zero-order valence-corrected chi connectivity index (χ0v) is 35.8. The first-order chi connectivity index (χ1) is 29.6. The van der Waals surface area contributed by atoms with E-state index < -0.39 is 0 Å². The van der Waals surface area contributed by atoms with Crippen LogP contribution in [-0.2, 0) is 6.42 Å². The Morgan fingerprint density at radius 1 is 0.750 bits per heavy atom. The summed E-state index contributed by atoms with van der Waals surface area (Å²) in [6, 6.07) is 37.5. The van der Waals surface area contributed by atoms with Crippen LogP contribution in [0, 0.1) is 11.8 Å². The zero-order valence-electron chi connectivity index (χ0n) is 34.2. The molecule has 1 fully saturated rings. The molecule has 0 aliphatic heterocycles. The lowest BCUT2D eigenvalue weighted by Gasteiger charge is -2.36. The van der Waals surface area contributed by atoms with Crippen molar-refractivity contribution in [3.63, 3.8) is 0 Å². The Kier molecular flexibility index (Phi) is 8.72. The van der Waals surface area contributed by atoms with Crippen molar-refractivity contribution in [2.75, 3.05) is 4.90 Å². The molecular weight excluding hydrogens is 763 g/mol. The Morgan fingerprint density at radius 2 is 1.63 bits per heavy atom. The highest BCUT2D eigenvalue weighted by Crippen LogP contribution is 2.53. The Bertz CT molecular complexity index is 3230. The highest BCUT2D eigenvalue weighted by molar-refractivity contribution is 7.20. The smallest absolute Gasteiger partial charge is 0.0560 e. The minimum Gasteiger partial charge on any atom is -0.334 e. The largest absolute Gasteiger partial charge is 0.334 e. The normalized spacial score (nSPS) is 21.3. The lowest BCUT2D eigenvalue weighted by Crippen LogP contribution is -2.35. The van der Waals surface area contributed by atoms with E-state index in [0.29, 0.717) is 5.92 Å². The van der Waals surface area contributed by atoms with Crippen LogP contribution in [0.4, 0.5) is 5.69 Å². The fourth-order valence-corrected chi connectivity index (χ4v) is 13.0. The molecule has 60 heavy (non-hydrogen) atoms. The molecule has 2 aromatic heterocycles. The van der Waals surface area contributed by atoms with Crippen LogP contribution in [0.2, 0.25) is 0 Å². The van der Waals surface area contributed by atoms with E-state index in [9.17, 15) is 0 Å². The summed E-state index contributed by atoms with van der Waals surface area (Å²) in [5.41, 5.74) is 13.6. The van der Waals surface area contributed by atoms with E-state index in [2.05, 4.69) is 183 Å². The van der Waals surface area contributed by atoms with Gasteiger partial charge in [-0.15, -0.1) is 22.7 Å². The van der Waals surface area contributed by atoms with Gasteiger partial charge in [0.25, 0.3) is 0 Å². The maximum Gasteiger partial charge on any atom is 0.0560 e. The molecule has 0 radical (unpaired) electrons. The van der Waals surface area contributed by atoms with E-state index in [-0.39, 0.29) is 6.04 Å². The van der Waals surface area contributed by atoms with Gasteiger partial charge in [0, 0.05) is 41.5 Å². The van der Waals surface area contributed by atoms with Crippen LogP contribution in [0.1, 0.15) is 72.6 Å². The maximum atomic E-state index is 2.61. The van der Waals surface area contributed by atoms with E-state index in [0.717, 1.165) is 31.1 Å². The minimum atomic E-state index is 0.191. The van der Waals surface area contributed by atoms with Crippen molar-refractivity contribution in [3.05, 3.63) is 188 Å². The second-order valence-corrected chi connectivity index (χ2v) is 19.5. The number of aryl methyl sites for hydroxylation is 1. The Balaban J connectivity index is 0.885. The third-order valence-electron chi connectivity index (χ3n) is 13.7. The predicted molar refractivity (Wildman–Crippen MR) is 262 cm³/mol. The summed E-state index contributed by atoms with van der Waals surface area (Å²) in [6.45, 7) is 4.40. The molecule has 3 unspecified atom stereocenters. The number of allylic oxidation sites excluding steroid dienone is 7. The molecule has 292 valence electrons. The molecule has 0 N–H and O–H groups in total. The molecule has 5 aliphatic rings. The molecule has 4 atom stereocenters. The number of hydrogen-bond acceptors (Lipinski definition) is 3. The van der Waals surface area contributed by atoms with Gasteiger partial charge in [0.15, 0.2) is 0 Å². The number of fused-ring (bicyclic) bond motifs is 9. The van der Waals surface area contributed by atoms with Crippen molar-refractivity contribution in [1.29, 1.82) is 0 Å². The first-order valence-electron chi connectivity index (χ1n) is 21.9. The summed E-state index contributed by atoms with van der Waals surface area (Å²) in [4.78, 5) is 4.00. The predicted octanol–water partition coefficient (Wildman–Crippen LogP) is 14.4. The van der Waals surface area contributed by atoms with Crippen LogP contribution in [0.15, 0.2) is 151 Å². The number of thiophene rings is 2. The van der Waals surface area contributed by atoms with Gasteiger partial charge >= 0.3 is 0 Å². The average molecular weight is 810 g/mol. The monoisotopic (exact) mass is 809 g/mol. The van der Waals surface area contributed by atoms with Crippen molar-refractivity contribution in [2.24, 2.45) is 11.8 Å². The topological polar surface area (TPSA) is 3.24 Å². The number of rotatable bonds is 7. The summed E-state index contributed by atoms with van der Waals surface area (Å²) in [5.74, 6) is 1.98. The number of benzene rings is 5. The summed E-state index contributed by atoms with van der Waals surface area (Å²) in [7, 11) is 0. The van der Waals surface area contributed by atoms with Crippen LogP contribution < -0.4 is 14.7 Å². The number of hydrogen-bond donors (Lipinski definition) is 0. The van der Waals surface area contributed by atoms with Crippen molar-refractivity contribution < 1.29 is 0 Å². The maximum absolute atomic E-state index is 2.61. The highest BCUT2D eigenvalue weighted by Gasteiger charge is 2.39. The van der Waals surface area contributed by atoms with Crippen LogP contribution in [0.3, 0.4) is 0 Å². The van der Waals surface area contributed by atoms with Gasteiger partial charge in [-0.05, 0) is 165 Å². The van der Waals surface area contributed by atoms with E-state index >= 15 is 0 Å². The van der Waals surface area contributed by atoms with Crippen molar-refractivity contribution >= 4 is 89.2 Å². The summed E-state index contributed by atoms with van der Waals surface area (Å²) >= 11 is 3.84. The summed E-state index contributed by atoms with van der Waals surface area (Å²) < 4.78 is 4.13. The van der Waals surface area contributed by atoms with E-state index in [1.54, 1.807) is 5.56 Å². The van der Waals surface area contributed by atoms with Gasteiger partial charge in [-0.1, -0.05) is 122 Å². The molecule has 1 nitrogen and oxygen atoms in total. The summed E-state index contributed by atoms with van der Waals surface area (Å²) in [6.07, 6.45) is 32.0. The Hall–Kier alpha value is -5.74. The van der Waals surface area contributed by atoms with Gasteiger partial charge in [-0.2, -0.15) is 0 Å². The van der Waals surface area contributed by atoms with Gasteiger partial charge in [0.2, 0.25) is 0 Å². The van der Waals surface area contributed by atoms with Crippen LogP contribution >= 0.6 is 22.7 Å². The lowest BCUT2D eigenvalue weighted by molar-refractivity contribution is 0.740. The third kappa shape index (κ3) is 6.16. The van der Waals surface area contributed by atoms with Gasteiger partial charge < -0.3 is 4.90 Å². The van der Waals surface area contributed by atoms with Gasteiger partial charge in [-0.3, -0.25) is 0 Å². The van der Waals surface area contributed by atoms with Crippen LogP contribution in [0.25, 0.3) is 71.9 Å². The lowest BCUT2D eigenvalue weighted by atomic mass is 9.85. The molecule has 0 spiro atoms. The van der Waals surface area contributed by atoms with E-state index in [1.807, 2.05) is 22.7 Å². The fourth-order valence-electron chi connectivity index (χ4n) is 10.5. The molecule has 7 aromatic rings. The standard InChI is InChI=1S/C57H47NS2/c1-3-8-54-48(4-2)52-30-40-21-25-46(27-43(40)33-56(52)59-54)58(47-26-22-41-31-53-49-11-5-6-12-55(49)60-57(53)34-44(41)28-47)45-23-19-36(20-24-45)35-13-15-37(16-14-35)39-18-17-38-9-7-10-42-32-51(42)50(38)29-39/h3,5-9,11-21,23,25-31,33-34,41-42,45,51H,4,10,22,24,32H2,1-2H3/b8-3-/t41?,42-,45?,51?/m1/s1. The van der Waals surface area contributed by atoms with Gasteiger partial charge in [-0.25, -0.2) is 0 Å². The van der Waals surface area contributed by atoms with Gasteiger partial charge in [0.05, 0.1) is 6.04 Å². The van der Waals surface area contributed by atoms with Gasteiger partial charge in [0.1, 0.15) is 0 Å². The highest BCUT2D eigenvalue weighted by atomic mass is 32.1. The second kappa shape index (κ2) is 14.5. The average Bonchev–Trinajstić information content (AvgIpc) is 3.90. The molecule has 0 saturated heterocycles. The van der Waals surface area contributed by atoms with Crippen molar-refractivity contribution in [2.45, 2.75) is 57.9 Å². The van der Waals surface area contributed by atoms with Crippen molar-refractivity contribution in [3.8, 4) is 11.1 Å². The van der Waals surface area contributed by atoms with E-state index in [1.165, 1.54) is 109 Å². The first kappa shape index (κ1) is 36.1. The quantitative estimate of drug-likeness (QED) is 0.155. The number of nitrogens with zero attached hydrogens (tertiary/aromatic N) is 1. The molecule has 3 heteroatoms. The third-order valence-corrected chi connectivity index (χ3v) is 16.0.